The second kappa shape index (κ2) is 6.91. The summed E-state index contributed by atoms with van der Waals surface area (Å²) in [5, 5.41) is 0. The molecular formula is C20H22F4O5S. The van der Waals surface area contributed by atoms with E-state index in [4.69, 9.17) is 4.74 Å². The van der Waals surface area contributed by atoms with E-state index in [0.717, 1.165) is 5.56 Å². The third-order valence-electron chi connectivity index (χ3n) is 7.14. The van der Waals surface area contributed by atoms with Crippen molar-refractivity contribution in [2.75, 3.05) is 7.11 Å². The van der Waals surface area contributed by atoms with Gasteiger partial charge in [0, 0.05) is 18.4 Å². The lowest BCUT2D eigenvalue weighted by Crippen LogP contribution is -2.49. The first kappa shape index (κ1) is 21.5. The first-order valence-corrected chi connectivity index (χ1v) is 11.1. The van der Waals surface area contributed by atoms with Crippen LogP contribution >= 0.6 is 0 Å². The number of alkyl halides is 4. The summed E-state index contributed by atoms with van der Waals surface area (Å²) in [5.41, 5.74) is -4.80. The van der Waals surface area contributed by atoms with E-state index in [1.165, 1.54) is 19.2 Å². The molecule has 0 aliphatic heterocycles. The zero-order chi connectivity index (χ0) is 22.1. The number of carbonyl (C=O) groups excluding carboxylic acids is 1. The Morgan fingerprint density at radius 1 is 1.23 bits per heavy atom. The molecule has 166 valence electrons. The minimum absolute atomic E-state index is 0.00317. The minimum Gasteiger partial charge on any atom is -0.381 e. The van der Waals surface area contributed by atoms with Crippen molar-refractivity contribution < 1.29 is 39.7 Å². The average Bonchev–Trinajstić information content (AvgIpc) is 2.89. The SMILES string of the molecule is CO[C@H]1C[C@]2(C)C(=O)[C@@H]([18F])C[C@H]2[C@@H]2CCc3cc(OS(=O)(=O)C(F)(F)F)ccc3[C@H]21. The van der Waals surface area contributed by atoms with Gasteiger partial charge in [-0.2, -0.15) is 21.6 Å². The standard InChI is InChI=1S/C20H22F4O5S/c1-19-9-16(28-2)17-12-6-4-11(29-30(26,27)20(22,23)24)7-10(12)3-5-13(17)14(19)8-15(21)18(19)25/h4,6-7,13-17H,3,5,8-9H2,1-2H3/t13-,14-,15-,16-,17+,19-/m0/s1/i21-1. The summed E-state index contributed by atoms with van der Waals surface area (Å²) < 4.78 is 84.7. The maximum Gasteiger partial charge on any atom is 0.534 e. The molecule has 2 saturated carbocycles. The number of methoxy groups -OCH3 is 1. The summed E-state index contributed by atoms with van der Waals surface area (Å²) in [4.78, 5) is 12.5. The molecule has 0 saturated heterocycles. The van der Waals surface area contributed by atoms with E-state index in [2.05, 4.69) is 4.18 Å². The molecule has 10 heteroatoms. The van der Waals surface area contributed by atoms with E-state index in [9.17, 15) is 30.8 Å². The number of halogens is 4. The number of ether oxygens (including phenoxy) is 1. The molecule has 0 heterocycles. The number of hydrogen-bond donors (Lipinski definition) is 0. The van der Waals surface area contributed by atoms with Crippen LogP contribution in [0.3, 0.4) is 0 Å². The Morgan fingerprint density at radius 3 is 2.57 bits per heavy atom. The Bertz CT molecular complexity index is 976. The number of ketones is 1. The normalized spacial score (nSPS) is 36.1. The quantitative estimate of drug-likeness (QED) is 0.398. The lowest BCUT2D eigenvalue weighted by molar-refractivity contribution is -0.137. The van der Waals surface area contributed by atoms with Crippen LogP contribution in [0.5, 0.6) is 5.75 Å². The van der Waals surface area contributed by atoms with Crippen molar-refractivity contribution in [1.29, 1.82) is 0 Å². The highest BCUT2D eigenvalue weighted by atomic mass is 32.2. The van der Waals surface area contributed by atoms with Gasteiger partial charge in [0.2, 0.25) is 0 Å². The second-order valence-electron chi connectivity index (χ2n) is 8.64. The van der Waals surface area contributed by atoms with Crippen molar-refractivity contribution >= 4 is 15.9 Å². The van der Waals surface area contributed by atoms with Gasteiger partial charge in [-0.1, -0.05) is 13.0 Å². The maximum atomic E-state index is 14.3. The van der Waals surface area contributed by atoms with Crippen LogP contribution in [-0.2, 0) is 26.1 Å². The maximum absolute atomic E-state index is 14.3. The molecule has 0 unspecified atom stereocenters. The molecule has 3 aliphatic rings. The van der Waals surface area contributed by atoms with Gasteiger partial charge in [-0.25, -0.2) is 4.39 Å². The van der Waals surface area contributed by atoms with Crippen molar-refractivity contribution in [3.63, 3.8) is 0 Å². The first-order valence-electron chi connectivity index (χ1n) is 9.74. The van der Waals surface area contributed by atoms with Crippen LogP contribution in [0.1, 0.15) is 43.2 Å². The van der Waals surface area contributed by atoms with Gasteiger partial charge in [0.15, 0.2) is 12.0 Å². The molecule has 2 fully saturated rings. The zero-order valence-corrected chi connectivity index (χ0v) is 17.2. The molecule has 0 radical (unpaired) electrons. The van der Waals surface area contributed by atoms with Gasteiger partial charge >= 0.3 is 15.6 Å². The van der Waals surface area contributed by atoms with Crippen LogP contribution in [0.2, 0.25) is 0 Å². The van der Waals surface area contributed by atoms with E-state index in [1.807, 2.05) is 0 Å². The van der Waals surface area contributed by atoms with Crippen LogP contribution in [0.4, 0.5) is 17.6 Å². The van der Waals surface area contributed by atoms with E-state index in [1.54, 1.807) is 13.0 Å². The summed E-state index contributed by atoms with van der Waals surface area (Å²) in [7, 11) is -4.22. The summed E-state index contributed by atoms with van der Waals surface area (Å²) >= 11 is 0. The summed E-state index contributed by atoms with van der Waals surface area (Å²) in [6.07, 6.45) is -0.223. The fourth-order valence-electron chi connectivity index (χ4n) is 5.81. The van der Waals surface area contributed by atoms with Gasteiger partial charge < -0.3 is 8.92 Å². The topological polar surface area (TPSA) is 69.7 Å². The highest BCUT2D eigenvalue weighted by Crippen LogP contribution is 2.60. The van der Waals surface area contributed by atoms with Crippen molar-refractivity contribution in [2.45, 2.75) is 56.3 Å². The average molecular weight is 449 g/mol. The summed E-state index contributed by atoms with van der Waals surface area (Å²) in [5.74, 6) is -1.07. The summed E-state index contributed by atoms with van der Waals surface area (Å²) in [6.45, 7) is 1.80. The highest BCUT2D eigenvalue weighted by Gasteiger charge is 2.61. The zero-order valence-electron chi connectivity index (χ0n) is 16.4. The van der Waals surface area contributed by atoms with E-state index < -0.39 is 33.0 Å². The summed E-state index contributed by atoms with van der Waals surface area (Å²) in [6, 6.07) is 4.07. The molecule has 0 spiro atoms. The molecule has 5 nitrogen and oxygen atoms in total. The van der Waals surface area contributed by atoms with Crippen molar-refractivity contribution in [3.05, 3.63) is 29.3 Å². The van der Waals surface area contributed by atoms with Crippen molar-refractivity contribution in [3.8, 4) is 5.75 Å². The van der Waals surface area contributed by atoms with Crippen molar-refractivity contribution in [1.82, 2.24) is 0 Å². The van der Waals surface area contributed by atoms with Crippen molar-refractivity contribution in [2.24, 2.45) is 17.3 Å². The fourth-order valence-corrected chi connectivity index (χ4v) is 6.27. The molecular weight excluding hydrogens is 427 g/mol. The van der Waals surface area contributed by atoms with Gasteiger partial charge in [0.25, 0.3) is 0 Å². The number of fused-ring (bicyclic) bond motifs is 5. The third-order valence-corrected chi connectivity index (χ3v) is 8.12. The molecule has 3 aliphatic carbocycles. The van der Waals surface area contributed by atoms with Crippen LogP contribution < -0.4 is 4.18 Å². The van der Waals surface area contributed by atoms with Gasteiger partial charge in [0.1, 0.15) is 5.75 Å². The number of carbonyl (C=O) groups is 1. The predicted molar refractivity (Wildman–Crippen MR) is 98.1 cm³/mol. The van der Waals surface area contributed by atoms with E-state index in [-0.39, 0.29) is 36.1 Å². The van der Waals surface area contributed by atoms with Gasteiger partial charge in [-0.05, 0) is 60.8 Å². The molecule has 0 amide bonds. The van der Waals surface area contributed by atoms with Gasteiger partial charge in [-0.15, -0.1) is 0 Å². The number of Topliss-reactive ketones (excluding diaryl/α,β-unsaturated/α-hetero) is 1. The monoisotopic (exact) mass is 449 g/mol. The van der Waals surface area contributed by atoms with Crippen LogP contribution in [0, 0.1) is 17.3 Å². The Balaban J connectivity index is 1.68. The number of aryl methyl sites for hydroxylation is 1. The molecule has 1 aromatic carbocycles. The Morgan fingerprint density at radius 2 is 1.93 bits per heavy atom. The van der Waals surface area contributed by atoms with Gasteiger partial charge in [-0.3, -0.25) is 4.79 Å². The Hall–Kier alpha value is -1.68. The fraction of sp³-hybridized carbons (Fsp3) is 0.650. The van der Waals surface area contributed by atoms with Gasteiger partial charge in [0.05, 0.1) is 6.10 Å². The first-order chi connectivity index (χ1) is 13.9. The Labute approximate surface area is 171 Å². The lowest BCUT2D eigenvalue weighted by atomic mass is 9.54. The van der Waals surface area contributed by atoms with E-state index >= 15 is 0 Å². The smallest absolute Gasteiger partial charge is 0.381 e. The molecule has 1 aromatic rings. The molecule has 0 aromatic heterocycles. The molecule has 0 N–H and O–H groups in total. The number of hydrogen-bond acceptors (Lipinski definition) is 5. The minimum atomic E-state index is -5.75. The molecule has 6 atom stereocenters. The van der Waals surface area contributed by atoms with Crippen LogP contribution in [0.15, 0.2) is 18.2 Å². The van der Waals surface area contributed by atoms with Crippen LogP contribution in [0.25, 0.3) is 0 Å². The second-order valence-corrected chi connectivity index (χ2v) is 10.2. The molecule has 4 rings (SSSR count). The lowest BCUT2D eigenvalue weighted by Gasteiger charge is -2.51. The highest BCUT2D eigenvalue weighted by molar-refractivity contribution is 7.88. The molecule has 30 heavy (non-hydrogen) atoms. The van der Waals surface area contributed by atoms with Crippen LogP contribution in [-0.4, -0.2) is 39.1 Å². The largest absolute Gasteiger partial charge is 0.534 e. The number of rotatable bonds is 3. The number of benzene rings is 1. The third kappa shape index (κ3) is 3.14. The molecule has 0 bridgehead atoms. The predicted octanol–water partition coefficient (Wildman–Crippen LogP) is 3.91. The van der Waals surface area contributed by atoms with E-state index in [0.29, 0.717) is 24.8 Å². The Kier molecular flexibility index (Phi) is 4.97.